The molecule has 0 bridgehead atoms. The van der Waals surface area contributed by atoms with E-state index in [4.69, 9.17) is 4.74 Å². The second kappa shape index (κ2) is 8.99. The highest BCUT2D eigenvalue weighted by Crippen LogP contribution is 2.41. The number of likely N-dealkylation sites (tertiary alicyclic amines) is 1. The first kappa shape index (κ1) is 19.4. The molecule has 1 aromatic heterocycles. The molecular weight excluding hydrogens is 362 g/mol. The largest absolute Gasteiger partial charge is 0.496 e. The molecule has 1 aliphatic rings. The number of aromatic nitrogens is 1. The molecule has 2 amide bonds. The van der Waals surface area contributed by atoms with Crippen LogP contribution in [0.1, 0.15) is 44.2 Å². The summed E-state index contributed by atoms with van der Waals surface area (Å²) < 4.78 is 5.54. The van der Waals surface area contributed by atoms with E-state index >= 15 is 0 Å². The minimum atomic E-state index is -0.347. The lowest BCUT2D eigenvalue weighted by Crippen LogP contribution is -2.47. The summed E-state index contributed by atoms with van der Waals surface area (Å²) in [6.45, 7) is 2.73. The number of para-hydroxylation sites is 1. The lowest BCUT2D eigenvalue weighted by Gasteiger charge is -2.41. The quantitative estimate of drug-likeness (QED) is 0.783. The van der Waals surface area contributed by atoms with E-state index < -0.39 is 0 Å². The molecule has 3 rings (SSSR count). The van der Waals surface area contributed by atoms with Crippen molar-refractivity contribution in [2.24, 2.45) is 5.92 Å². The number of ether oxygens (including phenoxy) is 1. The monoisotopic (exact) mass is 387 g/mol. The Labute approximate surface area is 163 Å². The zero-order chi connectivity index (χ0) is 19.2. The van der Waals surface area contributed by atoms with Gasteiger partial charge in [-0.15, -0.1) is 11.3 Å². The highest BCUT2D eigenvalue weighted by molar-refractivity contribution is 7.13. The predicted molar refractivity (Wildman–Crippen MR) is 106 cm³/mol. The van der Waals surface area contributed by atoms with Crippen LogP contribution in [0.3, 0.4) is 0 Å². The van der Waals surface area contributed by atoms with Gasteiger partial charge in [-0.25, -0.2) is 4.98 Å². The van der Waals surface area contributed by atoms with Crippen LogP contribution in [0.2, 0.25) is 0 Å². The summed E-state index contributed by atoms with van der Waals surface area (Å²) in [5.74, 6) is 0.345. The first-order chi connectivity index (χ1) is 13.2. The maximum Gasteiger partial charge on any atom is 0.231 e. The molecule has 2 aromatic rings. The fourth-order valence-electron chi connectivity index (χ4n) is 3.60. The third kappa shape index (κ3) is 4.30. The molecule has 6 nitrogen and oxygen atoms in total. The van der Waals surface area contributed by atoms with Crippen molar-refractivity contribution in [3.63, 3.8) is 0 Å². The number of hydrogen-bond donors (Lipinski definition) is 1. The first-order valence-corrected chi connectivity index (χ1v) is 10.2. The lowest BCUT2D eigenvalue weighted by molar-refractivity contribution is -0.142. The molecule has 144 valence electrons. The van der Waals surface area contributed by atoms with Crippen molar-refractivity contribution in [2.75, 3.05) is 19.0 Å². The van der Waals surface area contributed by atoms with E-state index in [2.05, 4.69) is 17.2 Å². The van der Waals surface area contributed by atoms with Crippen molar-refractivity contribution in [3.05, 3.63) is 41.4 Å². The van der Waals surface area contributed by atoms with Crippen LogP contribution in [0, 0.1) is 5.92 Å². The number of piperidine rings is 1. The second-order valence-corrected chi connectivity index (χ2v) is 7.49. The van der Waals surface area contributed by atoms with Crippen LogP contribution in [-0.4, -0.2) is 35.4 Å². The molecule has 0 spiro atoms. The van der Waals surface area contributed by atoms with E-state index in [1.54, 1.807) is 13.3 Å². The normalized spacial score (nSPS) is 19.8. The maximum atomic E-state index is 13.1. The number of carbonyl (C=O) groups is 2. The van der Waals surface area contributed by atoms with Crippen molar-refractivity contribution < 1.29 is 14.3 Å². The van der Waals surface area contributed by atoms with Gasteiger partial charge in [0.15, 0.2) is 5.13 Å². The first-order valence-electron chi connectivity index (χ1n) is 9.28. The van der Waals surface area contributed by atoms with Crippen molar-refractivity contribution in [1.82, 2.24) is 9.88 Å². The number of carbonyl (C=O) groups excluding carboxylic acids is 2. The van der Waals surface area contributed by atoms with Gasteiger partial charge in [0.25, 0.3) is 0 Å². The summed E-state index contributed by atoms with van der Waals surface area (Å²) >= 11 is 1.39. The second-order valence-electron chi connectivity index (χ2n) is 6.60. The Morgan fingerprint density at radius 2 is 2.22 bits per heavy atom. The number of rotatable bonds is 7. The molecule has 0 radical (unpaired) electrons. The van der Waals surface area contributed by atoms with Gasteiger partial charge in [0.05, 0.1) is 19.1 Å². The SMILES string of the molecule is CCCCN1C(=O)CCC(C(=O)Nc2nccs2)C1c1ccccc1OC. The van der Waals surface area contributed by atoms with E-state index in [0.717, 1.165) is 18.4 Å². The van der Waals surface area contributed by atoms with E-state index in [-0.39, 0.29) is 23.8 Å². The van der Waals surface area contributed by atoms with Crippen molar-refractivity contribution in [2.45, 2.75) is 38.6 Å². The van der Waals surface area contributed by atoms with Crippen LogP contribution in [0.15, 0.2) is 35.8 Å². The molecule has 1 saturated heterocycles. The number of anilines is 1. The minimum absolute atomic E-state index is 0.0951. The predicted octanol–water partition coefficient (Wildman–Crippen LogP) is 3.87. The van der Waals surface area contributed by atoms with Gasteiger partial charge < -0.3 is 15.0 Å². The molecule has 0 aliphatic carbocycles. The number of nitrogens with one attached hydrogen (secondary N) is 1. The third-order valence-corrected chi connectivity index (χ3v) is 5.60. The number of benzene rings is 1. The molecule has 2 unspecified atom stereocenters. The molecule has 1 aromatic carbocycles. The number of nitrogens with zero attached hydrogens (tertiary/aromatic N) is 2. The van der Waals surface area contributed by atoms with Gasteiger partial charge in [0, 0.05) is 30.1 Å². The summed E-state index contributed by atoms with van der Waals surface area (Å²) in [5, 5.41) is 5.31. The summed E-state index contributed by atoms with van der Waals surface area (Å²) in [5.41, 5.74) is 0.878. The van der Waals surface area contributed by atoms with Crippen LogP contribution in [0.25, 0.3) is 0 Å². The minimum Gasteiger partial charge on any atom is -0.496 e. The summed E-state index contributed by atoms with van der Waals surface area (Å²) in [4.78, 5) is 31.8. The zero-order valence-electron chi connectivity index (χ0n) is 15.7. The third-order valence-electron chi connectivity index (χ3n) is 4.92. The number of unbranched alkanes of at least 4 members (excludes halogenated alkanes) is 1. The Bertz CT molecular complexity index is 779. The fraction of sp³-hybridized carbons (Fsp3) is 0.450. The molecule has 1 aliphatic heterocycles. The molecule has 2 heterocycles. The maximum absolute atomic E-state index is 13.1. The van der Waals surface area contributed by atoms with Crippen molar-refractivity contribution in [1.29, 1.82) is 0 Å². The fourth-order valence-corrected chi connectivity index (χ4v) is 4.13. The van der Waals surface area contributed by atoms with Gasteiger partial charge >= 0.3 is 0 Å². The summed E-state index contributed by atoms with van der Waals surface area (Å²) in [6, 6.07) is 7.31. The van der Waals surface area contributed by atoms with Gasteiger partial charge in [0.2, 0.25) is 11.8 Å². The Morgan fingerprint density at radius 1 is 1.41 bits per heavy atom. The molecule has 27 heavy (non-hydrogen) atoms. The molecular formula is C20H25N3O3S. The van der Waals surface area contributed by atoms with Gasteiger partial charge in [-0.05, 0) is 18.9 Å². The highest BCUT2D eigenvalue weighted by atomic mass is 32.1. The Balaban J connectivity index is 1.96. The number of amides is 2. The molecule has 1 fully saturated rings. The topological polar surface area (TPSA) is 71.5 Å². The van der Waals surface area contributed by atoms with Crippen LogP contribution in [0.4, 0.5) is 5.13 Å². The van der Waals surface area contributed by atoms with Crippen LogP contribution >= 0.6 is 11.3 Å². The van der Waals surface area contributed by atoms with Crippen LogP contribution in [-0.2, 0) is 9.59 Å². The van der Waals surface area contributed by atoms with E-state index in [1.807, 2.05) is 34.5 Å². The Morgan fingerprint density at radius 3 is 2.93 bits per heavy atom. The van der Waals surface area contributed by atoms with Crippen molar-refractivity contribution >= 4 is 28.3 Å². The summed E-state index contributed by atoms with van der Waals surface area (Å²) in [6.07, 6.45) is 4.44. The molecule has 2 atom stereocenters. The summed E-state index contributed by atoms with van der Waals surface area (Å²) in [7, 11) is 1.62. The average Bonchev–Trinajstić information content (AvgIpc) is 3.19. The zero-order valence-corrected chi connectivity index (χ0v) is 16.5. The van der Waals surface area contributed by atoms with Crippen molar-refractivity contribution in [3.8, 4) is 5.75 Å². The van der Waals surface area contributed by atoms with Gasteiger partial charge in [-0.3, -0.25) is 9.59 Å². The van der Waals surface area contributed by atoms with E-state index in [0.29, 0.717) is 30.3 Å². The number of methoxy groups -OCH3 is 1. The Hall–Kier alpha value is -2.41. The molecule has 7 heteroatoms. The lowest BCUT2D eigenvalue weighted by atomic mass is 9.83. The molecule has 1 N–H and O–H groups in total. The number of hydrogen-bond acceptors (Lipinski definition) is 5. The van der Waals surface area contributed by atoms with Crippen LogP contribution in [0.5, 0.6) is 5.75 Å². The number of thiazole rings is 1. The van der Waals surface area contributed by atoms with E-state index in [9.17, 15) is 9.59 Å². The smallest absolute Gasteiger partial charge is 0.231 e. The standard InChI is InChI=1S/C20H25N3O3S/c1-3-4-12-23-17(24)10-9-15(19(25)22-20-21-11-13-27-20)18(23)14-7-5-6-8-16(14)26-2/h5-8,11,13,15,18H,3-4,9-10,12H2,1-2H3,(H,21,22,25). The van der Waals surface area contributed by atoms with E-state index in [1.165, 1.54) is 11.3 Å². The van der Waals surface area contributed by atoms with Gasteiger partial charge in [-0.2, -0.15) is 0 Å². The molecule has 0 saturated carbocycles. The van der Waals surface area contributed by atoms with Gasteiger partial charge in [-0.1, -0.05) is 31.5 Å². The highest BCUT2D eigenvalue weighted by Gasteiger charge is 2.41. The van der Waals surface area contributed by atoms with Gasteiger partial charge in [0.1, 0.15) is 5.75 Å². The van der Waals surface area contributed by atoms with Crippen LogP contribution < -0.4 is 10.1 Å². The average molecular weight is 388 g/mol. The Kier molecular flexibility index (Phi) is 6.45.